The summed E-state index contributed by atoms with van der Waals surface area (Å²) in [5.74, 6) is 2.15. The molecule has 1 aliphatic rings. The molecule has 2 heterocycles. The first-order valence-corrected chi connectivity index (χ1v) is 10.3. The van der Waals surface area contributed by atoms with Gasteiger partial charge in [-0.3, -0.25) is 0 Å². The second-order valence-electron chi connectivity index (χ2n) is 7.96. The van der Waals surface area contributed by atoms with Gasteiger partial charge in [0.05, 0.1) is 0 Å². The van der Waals surface area contributed by atoms with Gasteiger partial charge in [-0.15, -0.1) is 0 Å². The van der Waals surface area contributed by atoms with Crippen LogP contribution in [0.4, 0.5) is 23.1 Å². The first-order valence-electron chi connectivity index (χ1n) is 10.3. The fourth-order valence-corrected chi connectivity index (χ4v) is 3.66. The van der Waals surface area contributed by atoms with E-state index in [1.165, 1.54) is 16.8 Å². The van der Waals surface area contributed by atoms with Gasteiger partial charge < -0.3 is 15.1 Å². The number of hydrogen-bond acceptors (Lipinski definition) is 5. The maximum Gasteiger partial charge on any atom is 0.227 e. The van der Waals surface area contributed by atoms with E-state index in [-0.39, 0.29) is 0 Å². The highest BCUT2D eigenvalue weighted by Crippen LogP contribution is 2.22. The average Bonchev–Trinajstić information content (AvgIpc) is 2.74. The van der Waals surface area contributed by atoms with E-state index < -0.39 is 0 Å². The molecule has 29 heavy (non-hydrogen) atoms. The van der Waals surface area contributed by atoms with E-state index in [1.54, 1.807) is 0 Å². The lowest BCUT2D eigenvalue weighted by atomic mass is 10.0. The summed E-state index contributed by atoms with van der Waals surface area (Å²) in [5, 5.41) is 3.40. The summed E-state index contributed by atoms with van der Waals surface area (Å²) in [5.41, 5.74) is 4.98. The largest absolute Gasteiger partial charge is 0.368 e. The highest BCUT2D eigenvalue weighted by Gasteiger charge is 2.19. The molecule has 0 unspecified atom stereocenters. The van der Waals surface area contributed by atoms with Crippen LogP contribution in [0.15, 0.2) is 60.8 Å². The van der Waals surface area contributed by atoms with Crippen LogP contribution in [0.3, 0.4) is 0 Å². The molecule has 1 N–H and O–H groups in total. The molecule has 1 aromatic heterocycles. The van der Waals surface area contributed by atoms with Crippen LogP contribution >= 0.6 is 0 Å². The molecule has 0 saturated carbocycles. The fraction of sp³-hybridized carbons (Fsp3) is 0.333. The molecule has 0 bridgehead atoms. The molecule has 0 aliphatic carbocycles. The van der Waals surface area contributed by atoms with Crippen LogP contribution in [0.25, 0.3) is 0 Å². The predicted molar refractivity (Wildman–Crippen MR) is 121 cm³/mol. The molecule has 0 radical (unpaired) electrons. The number of aryl methyl sites for hydroxylation is 1. The lowest BCUT2D eigenvalue weighted by molar-refractivity contribution is 0.640. The van der Waals surface area contributed by atoms with Crippen LogP contribution in [-0.2, 0) is 0 Å². The molecule has 5 nitrogen and oxygen atoms in total. The Morgan fingerprint density at radius 3 is 2.31 bits per heavy atom. The molecule has 1 saturated heterocycles. The number of rotatable bonds is 5. The smallest absolute Gasteiger partial charge is 0.227 e. The van der Waals surface area contributed by atoms with Gasteiger partial charge >= 0.3 is 0 Å². The molecule has 2 aromatic carbocycles. The molecule has 5 heteroatoms. The van der Waals surface area contributed by atoms with Gasteiger partial charge in [0.25, 0.3) is 0 Å². The zero-order chi connectivity index (χ0) is 20.2. The molecule has 0 amide bonds. The minimum absolute atomic E-state index is 0.535. The maximum atomic E-state index is 4.75. The quantitative estimate of drug-likeness (QED) is 0.669. The zero-order valence-corrected chi connectivity index (χ0v) is 17.5. The molecular formula is C24H29N5. The van der Waals surface area contributed by atoms with Crippen molar-refractivity contribution in [1.82, 2.24) is 9.97 Å². The summed E-state index contributed by atoms with van der Waals surface area (Å²) < 4.78 is 0. The van der Waals surface area contributed by atoms with Crippen LogP contribution < -0.4 is 15.1 Å². The average molecular weight is 388 g/mol. The second-order valence-corrected chi connectivity index (χ2v) is 7.96. The maximum absolute atomic E-state index is 4.75. The number of benzene rings is 2. The monoisotopic (exact) mass is 387 g/mol. The van der Waals surface area contributed by atoms with Gasteiger partial charge in [0.2, 0.25) is 5.95 Å². The van der Waals surface area contributed by atoms with Crippen LogP contribution in [0.2, 0.25) is 0 Å². The summed E-state index contributed by atoms with van der Waals surface area (Å²) in [6.45, 7) is 10.3. The third-order valence-electron chi connectivity index (χ3n) is 5.42. The molecular weight excluding hydrogens is 358 g/mol. The second kappa shape index (κ2) is 8.52. The van der Waals surface area contributed by atoms with Crippen molar-refractivity contribution in [2.75, 3.05) is 41.3 Å². The Morgan fingerprint density at radius 1 is 0.897 bits per heavy atom. The molecule has 3 aromatic rings. The highest BCUT2D eigenvalue weighted by atomic mass is 15.3. The van der Waals surface area contributed by atoms with Crippen molar-refractivity contribution < 1.29 is 0 Å². The molecule has 150 valence electrons. The molecule has 4 rings (SSSR count). The summed E-state index contributed by atoms with van der Waals surface area (Å²) in [6, 6.07) is 19.2. The van der Waals surface area contributed by atoms with E-state index in [2.05, 4.69) is 89.4 Å². The number of hydrogen-bond donors (Lipinski definition) is 1. The first-order chi connectivity index (χ1) is 14.1. The van der Waals surface area contributed by atoms with E-state index in [0.29, 0.717) is 5.92 Å². The Morgan fingerprint density at radius 2 is 1.62 bits per heavy atom. The van der Waals surface area contributed by atoms with Crippen LogP contribution in [0.5, 0.6) is 0 Å². The van der Waals surface area contributed by atoms with E-state index in [1.807, 2.05) is 12.3 Å². The Bertz CT molecular complexity index is 943. The first kappa shape index (κ1) is 19.2. The molecule has 0 spiro atoms. The van der Waals surface area contributed by atoms with Crippen LogP contribution in [-0.4, -0.2) is 36.1 Å². The van der Waals surface area contributed by atoms with Crippen molar-refractivity contribution in [3.63, 3.8) is 0 Å². The standard InChI is InChI=1S/C24H29N5/c1-18(2)20-7-9-21(10-8-20)26-23-11-12-25-24(27-23)29-15-13-28(14-16-29)22-6-4-5-19(3)17-22/h4-12,17-18H,13-16H2,1-3H3,(H,25,26,27). The summed E-state index contributed by atoms with van der Waals surface area (Å²) in [4.78, 5) is 14.0. The van der Waals surface area contributed by atoms with Crippen molar-refractivity contribution >= 4 is 23.1 Å². The van der Waals surface area contributed by atoms with E-state index in [9.17, 15) is 0 Å². The van der Waals surface area contributed by atoms with Crippen molar-refractivity contribution in [1.29, 1.82) is 0 Å². The van der Waals surface area contributed by atoms with Crippen molar-refractivity contribution in [2.24, 2.45) is 0 Å². The minimum Gasteiger partial charge on any atom is -0.368 e. The van der Waals surface area contributed by atoms with Crippen LogP contribution in [0.1, 0.15) is 30.9 Å². The zero-order valence-electron chi connectivity index (χ0n) is 17.5. The molecule has 0 atom stereocenters. The summed E-state index contributed by atoms with van der Waals surface area (Å²) in [7, 11) is 0. The normalized spacial score (nSPS) is 14.3. The predicted octanol–water partition coefficient (Wildman–Crippen LogP) is 4.98. The Labute approximate surface area is 173 Å². The van der Waals surface area contributed by atoms with Gasteiger partial charge in [-0.25, -0.2) is 4.98 Å². The van der Waals surface area contributed by atoms with Crippen LogP contribution in [0, 0.1) is 6.92 Å². The van der Waals surface area contributed by atoms with Gasteiger partial charge in [-0.05, 0) is 54.3 Å². The lowest BCUT2D eigenvalue weighted by Gasteiger charge is -2.36. The minimum atomic E-state index is 0.535. The van der Waals surface area contributed by atoms with Crippen molar-refractivity contribution in [3.05, 3.63) is 71.9 Å². The topological polar surface area (TPSA) is 44.3 Å². The van der Waals surface area contributed by atoms with Crippen molar-refractivity contribution in [2.45, 2.75) is 26.7 Å². The van der Waals surface area contributed by atoms with E-state index >= 15 is 0 Å². The lowest BCUT2D eigenvalue weighted by Crippen LogP contribution is -2.47. The number of nitrogens with zero attached hydrogens (tertiary/aromatic N) is 4. The Hall–Kier alpha value is -3.08. The number of aromatic nitrogens is 2. The van der Waals surface area contributed by atoms with Gasteiger partial charge in [-0.2, -0.15) is 4.98 Å². The highest BCUT2D eigenvalue weighted by molar-refractivity contribution is 5.58. The Kier molecular flexibility index (Phi) is 5.65. The summed E-state index contributed by atoms with van der Waals surface area (Å²) >= 11 is 0. The number of anilines is 4. The van der Waals surface area contributed by atoms with Gasteiger partial charge in [0.1, 0.15) is 5.82 Å². The van der Waals surface area contributed by atoms with Gasteiger partial charge in [-0.1, -0.05) is 38.1 Å². The third kappa shape index (κ3) is 4.67. The van der Waals surface area contributed by atoms with E-state index in [4.69, 9.17) is 4.98 Å². The Balaban J connectivity index is 1.40. The van der Waals surface area contributed by atoms with E-state index in [0.717, 1.165) is 43.6 Å². The fourth-order valence-electron chi connectivity index (χ4n) is 3.66. The molecule has 1 aliphatic heterocycles. The molecule has 1 fully saturated rings. The number of piperazine rings is 1. The van der Waals surface area contributed by atoms with Gasteiger partial charge in [0, 0.05) is 43.8 Å². The third-order valence-corrected chi connectivity index (χ3v) is 5.42. The SMILES string of the molecule is Cc1cccc(N2CCN(c3nccc(Nc4ccc(C(C)C)cc4)n3)CC2)c1. The van der Waals surface area contributed by atoms with Gasteiger partial charge in [0.15, 0.2) is 0 Å². The summed E-state index contributed by atoms with van der Waals surface area (Å²) in [6.07, 6.45) is 1.83. The number of nitrogens with one attached hydrogen (secondary N) is 1. The van der Waals surface area contributed by atoms with Crippen molar-refractivity contribution in [3.8, 4) is 0 Å².